The number of aromatic nitrogens is 3. The second-order valence-corrected chi connectivity index (χ2v) is 10.2. The third-order valence-corrected chi connectivity index (χ3v) is 7.63. The second kappa shape index (κ2) is 9.05. The van der Waals surface area contributed by atoms with Crippen LogP contribution < -0.4 is 21.1 Å². The van der Waals surface area contributed by atoms with Gasteiger partial charge in [-0.25, -0.2) is 9.97 Å². The molecule has 4 N–H and O–H groups in total. The third-order valence-electron chi connectivity index (χ3n) is 5.87. The van der Waals surface area contributed by atoms with Gasteiger partial charge in [0.1, 0.15) is 17.4 Å². The summed E-state index contributed by atoms with van der Waals surface area (Å²) < 4.78 is 8.21. The van der Waals surface area contributed by atoms with Crippen molar-refractivity contribution >= 4 is 55.7 Å². The van der Waals surface area contributed by atoms with Gasteiger partial charge in [-0.2, -0.15) is 0 Å². The molecule has 6 rings (SSSR count). The largest absolute Gasteiger partial charge is 0.475 e. The molecule has 0 radical (unpaired) electrons. The predicted molar refractivity (Wildman–Crippen MR) is 141 cm³/mol. The number of thiophene rings is 1. The van der Waals surface area contributed by atoms with Gasteiger partial charge in [-0.1, -0.05) is 18.2 Å². The Morgan fingerprint density at radius 1 is 1.11 bits per heavy atom. The first-order valence-corrected chi connectivity index (χ1v) is 13.0. The number of amides is 1. The molecule has 1 aromatic carbocycles. The number of hydrogen-bond acceptors (Lipinski definition) is 8. The Hall–Kier alpha value is -3.89. The van der Waals surface area contributed by atoms with E-state index in [4.69, 9.17) is 15.5 Å². The molecule has 0 aliphatic heterocycles. The summed E-state index contributed by atoms with van der Waals surface area (Å²) in [5, 5.41) is 9.71. The number of para-hydroxylation sites is 2. The number of thiazole rings is 1. The summed E-state index contributed by atoms with van der Waals surface area (Å²) in [6.07, 6.45) is 5.48. The fourth-order valence-electron chi connectivity index (χ4n) is 3.81. The number of fused-ring (bicyclic) bond motifs is 1. The summed E-state index contributed by atoms with van der Waals surface area (Å²) in [6.45, 7) is 0. The predicted octanol–water partition coefficient (Wildman–Crippen LogP) is 6.03. The van der Waals surface area contributed by atoms with E-state index in [2.05, 4.69) is 15.6 Å². The molecule has 1 saturated carbocycles. The first-order valence-electron chi connectivity index (χ1n) is 11.3. The maximum atomic E-state index is 12.6. The lowest BCUT2D eigenvalue weighted by atomic mass is 9.96. The molecule has 0 atom stereocenters. The molecule has 35 heavy (non-hydrogen) atoms. The number of nitrogen functional groups attached to an aromatic ring is 1. The number of nitrogens with one attached hydrogen (secondary N) is 2. The van der Waals surface area contributed by atoms with Crippen molar-refractivity contribution in [2.75, 3.05) is 16.4 Å². The van der Waals surface area contributed by atoms with E-state index in [1.165, 1.54) is 29.1 Å². The minimum absolute atomic E-state index is 0.203. The molecule has 176 valence electrons. The van der Waals surface area contributed by atoms with Crippen molar-refractivity contribution in [3.05, 3.63) is 71.1 Å². The minimum Gasteiger partial charge on any atom is -0.475 e. The zero-order chi connectivity index (χ0) is 23.8. The molecule has 8 nitrogen and oxygen atoms in total. The van der Waals surface area contributed by atoms with Gasteiger partial charge in [0, 0.05) is 5.38 Å². The number of nitrogens with two attached hydrogens (primary N) is 1. The second-order valence-electron chi connectivity index (χ2n) is 8.24. The van der Waals surface area contributed by atoms with Gasteiger partial charge in [-0.15, -0.1) is 22.7 Å². The zero-order valence-electron chi connectivity index (χ0n) is 18.6. The zero-order valence-corrected chi connectivity index (χ0v) is 20.2. The quantitative estimate of drug-likeness (QED) is 0.235. The number of benzene rings is 1. The van der Waals surface area contributed by atoms with Crippen molar-refractivity contribution in [1.29, 1.82) is 0 Å². The first kappa shape index (κ1) is 21.6. The highest BCUT2D eigenvalue weighted by Gasteiger charge is 2.21. The van der Waals surface area contributed by atoms with Gasteiger partial charge in [0.05, 0.1) is 33.1 Å². The SMILES string of the molecule is Nc1ccccc1NC(=O)c1ccc(Nc2nc(-c3cnc4cccc(OC5CCC5)n34)cs2)s1. The molecule has 1 aliphatic carbocycles. The molecule has 1 amide bonds. The molecule has 5 aromatic rings. The molecule has 4 aromatic heterocycles. The van der Waals surface area contributed by atoms with Crippen LogP contribution in [0.5, 0.6) is 5.88 Å². The van der Waals surface area contributed by atoms with E-state index in [1.807, 2.05) is 52.4 Å². The van der Waals surface area contributed by atoms with Gasteiger partial charge in [0.2, 0.25) is 0 Å². The highest BCUT2D eigenvalue weighted by atomic mass is 32.1. The lowest BCUT2D eigenvalue weighted by molar-refractivity contribution is 0.103. The van der Waals surface area contributed by atoms with Crippen molar-refractivity contribution in [1.82, 2.24) is 14.4 Å². The maximum Gasteiger partial charge on any atom is 0.265 e. The first-order chi connectivity index (χ1) is 17.1. The molecule has 0 bridgehead atoms. The van der Waals surface area contributed by atoms with Crippen LogP contribution in [0.2, 0.25) is 0 Å². The maximum absolute atomic E-state index is 12.6. The van der Waals surface area contributed by atoms with E-state index >= 15 is 0 Å². The van der Waals surface area contributed by atoms with Gasteiger partial charge >= 0.3 is 0 Å². The Kier molecular flexibility index (Phi) is 5.59. The lowest BCUT2D eigenvalue weighted by Crippen LogP contribution is -2.25. The smallest absolute Gasteiger partial charge is 0.265 e. The summed E-state index contributed by atoms with van der Waals surface area (Å²) in [4.78, 5) is 22.5. The average Bonchev–Trinajstić information content (AvgIpc) is 3.58. The number of anilines is 4. The number of hydrogen-bond donors (Lipinski definition) is 3. The normalized spacial score (nSPS) is 13.5. The van der Waals surface area contributed by atoms with Crippen LogP contribution >= 0.6 is 22.7 Å². The van der Waals surface area contributed by atoms with Crippen molar-refractivity contribution < 1.29 is 9.53 Å². The highest BCUT2D eigenvalue weighted by Crippen LogP contribution is 2.33. The Morgan fingerprint density at radius 2 is 2.00 bits per heavy atom. The van der Waals surface area contributed by atoms with E-state index in [0.29, 0.717) is 16.3 Å². The molecule has 0 saturated heterocycles. The molecular weight excluding hydrogens is 480 g/mol. The van der Waals surface area contributed by atoms with Crippen molar-refractivity contribution in [3.8, 4) is 17.3 Å². The van der Waals surface area contributed by atoms with Crippen molar-refractivity contribution in [2.45, 2.75) is 25.4 Å². The molecule has 0 unspecified atom stereocenters. The fourth-order valence-corrected chi connectivity index (χ4v) is 5.40. The molecule has 1 aliphatic rings. The minimum atomic E-state index is -0.203. The highest BCUT2D eigenvalue weighted by molar-refractivity contribution is 7.19. The average molecular weight is 503 g/mol. The van der Waals surface area contributed by atoms with Crippen molar-refractivity contribution in [2.24, 2.45) is 0 Å². The van der Waals surface area contributed by atoms with Gasteiger partial charge in [-0.3, -0.25) is 9.20 Å². The summed E-state index contributed by atoms with van der Waals surface area (Å²) in [6, 6.07) is 16.7. The van der Waals surface area contributed by atoms with E-state index in [9.17, 15) is 4.79 Å². The number of nitrogens with zero attached hydrogens (tertiary/aromatic N) is 3. The summed E-state index contributed by atoms with van der Waals surface area (Å²) >= 11 is 2.85. The third kappa shape index (κ3) is 4.33. The molecular formula is C25H22N6O2S2. The van der Waals surface area contributed by atoms with E-state index in [0.717, 1.165) is 45.9 Å². The molecule has 10 heteroatoms. The molecule has 0 spiro atoms. The summed E-state index contributed by atoms with van der Waals surface area (Å²) in [5.41, 5.74) is 9.57. The van der Waals surface area contributed by atoms with Gasteiger partial charge < -0.3 is 21.1 Å². The standard InChI is InChI=1S/C25H22N6O2S2/c26-16-7-1-2-8-17(16)28-24(32)20-11-12-22(35-20)30-25-29-18(14-34-25)19-13-27-21-9-4-10-23(31(19)21)33-15-5-3-6-15/h1-2,4,7-15H,3,5-6,26H2,(H,28,32)(H,29,30). The number of pyridine rings is 1. The number of rotatable bonds is 7. The number of imidazole rings is 1. The van der Waals surface area contributed by atoms with Gasteiger partial charge in [0.15, 0.2) is 11.0 Å². The van der Waals surface area contributed by atoms with Crippen LogP contribution in [0.15, 0.2) is 66.2 Å². The van der Waals surface area contributed by atoms with Gasteiger partial charge in [-0.05, 0) is 55.7 Å². The van der Waals surface area contributed by atoms with Crippen LogP contribution in [-0.4, -0.2) is 26.4 Å². The number of carbonyl (C=O) groups excluding carboxylic acids is 1. The number of carbonyl (C=O) groups is 1. The van der Waals surface area contributed by atoms with Crippen LogP contribution in [-0.2, 0) is 0 Å². The monoisotopic (exact) mass is 502 g/mol. The van der Waals surface area contributed by atoms with Crippen LogP contribution in [0.4, 0.5) is 21.5 Å². The van der Waals surface area contributed by atoms with E-state index < -0.39 is 0 Å². The van der Waals surface area contributed by atoms with E-state index in [1.54, 1.807) is 18.2 Å². The van der Waals surface area contributed by atoms with Crippen LogP contribution in [0.3, 0.4) is 0 Å². The Balaban J connectivity index is 1.19. The number of ether oxygens (including phenoxy) is 1. The molecule has 4 heterocycles. The fraction of sp³-hybridized carbons (Fsp3) is 0.160. The molecule has 1 fully saturated rings. The van der Waals surface area contributed by atoms with E-state index in [-0.39, 0.29) is 12.0 Å². The summed E-state index contributed by atoms with van der Waals surface area (Å²) in [5.74, 6) is 0.584. The lowest BCUT2D eigenvalue weighted by Gasteiger charge is -2.26. The van der Waals surface area contributed by atoms with Crippen molar-refractivity contribution in [3.63, 3.8) is 0 Å². The van der Waals surface area contributed by atoms with Gasteiger partial charge in [0.25, 0.3) is 5.91 Å². The summed E-state index contributed by atoms with van der Waals surface area (Å²) in [7, 11) is 0. The topological polar surface area (TPSA) is 107 Å². The van der Waals surface area contributed by atoms with Crippen LogP contribution in [0, 0.1) is 0 Å². The Bertz CT molecular complexity index is 1520. The Morgan fingerprint density at radius 3 is 2.83 bits per heavy atom. The van der Waals surface area contributed by atoms with Crippen LogP contribution in [0.25, 0.3) is 17.0 Å². The van der Waals surface area contributed by atoms with Crippen LogP contribution in [0.1, 0.15) is 28.9 Å². The Labute approximate surface area is 209 Å².